The molecule has 0 N–H and O–H groups in total. The molecule has 0 saturated carbocycles. The van der Waals surface area contributed by atoms with E-state index in [-0.39, 0.29) is 21.1 Å². The van der Waals surface area contributed by atoms with Gasteiger partial charge in [-0.25, -0.2) is 4.98 Å². The van der Waals surface area contributed by atoms with Crippen molar-refractivity contribution in [2.45, 2.75) is 192 Å². The van der Waals surface area contributed by atoms with Crippen LogP contribution in [0, 0.1) is 12.1 Å². The molecule has 3 aliphatic carbocycles. The quantitative estimate of drug-likeness (QED) is 0.0501. The first-order chi connectivity index (χ1) is 68.4. The summed E-state index contributed by atoms with van der Waals surface area (Å²) in [5.41, 5.74) is 29.1. The number of aromatic nitrogens is 5. The van der Waals surface area contributed by atoms with Crippen LogP contribution in [0.2, 0.25) is 98.2 Å². The number of halogens is 1. The zero-order valence-electron chi connectivity index (χ0n) is 87.9. The molecule has 17 aromatic rings. The van der Waals surface area contributed by atoms with Crippen molar-refractivity contribution >= 4 is 107 Å². The smallest absolute Gasteiger partial charge is 0.399 e. The molecule has 730 valence electrons. The van der Waals surface area contributed by atoms with E-state index in [0.29, 0.717) is 0 Å². The molecule has 12 aromatic carbocycles. The summed E-state index contributed by atoms with van der Waals surface area (Å²) in [6, 6.07) is 131. The Morgan fingerprint density at radius 1 is 0.241 bits per heavy atom. The number of fused-ring (bicyclic) bond motifs is 9. The largest absolute Gasteiger partial charge is 2.00 e. The number of benzene rings is 12. The van der Waals surface area contributed by atoms with Gasteiger partial charge in [0.15, 0.2) is 0 Å². The number of pyridine rings is 5. The van der Waals surface area contributed by atoms with E-state index in [1.165, 1.54) is 115 Å². The maximum atomic E-state index is 6.52. The Morgan fingerprint density at radius 3 is 0.745 bits per heavy atom. The molecule has 22 rings (SSSR count). The van der Waals surface area contributed by atoms with E-state index in [9.17, 15) is 0 Å². The number of rotatable bonds is 17. The molecule has 0 radical (unpaired) electrons. The minimum absolute atomic E-state index is 0. The maximum Gasteiger partial charge on any atom is 2.00 e. The van der Waals surface area contributed by atoms with Crippen molar-refractivity contribution in [3.8, 4) is 78.4 Å². The zero-order valence-corrected chi connectivity index (χ0v) is 96.8. The fourth-order valence-corrected chi connectivity index (χ4v) is 26.5. The molecule has 0 amide bonds. The molecular formula is C127H130B2BrN5O4PtSi5. The number of hydrogen-bond acceptors (Lipinski definition) is 9. The molecule has 5 aromatic heterocycles. The van der Waals surface area contributed by atoms with Gasteiger partial charge >= 0.3 is 35.3 Å². The van der Waals surface area contributed by atoms with Gasteiger partial charge in [-0.05, 0) is 239 Å². The monoisotopic (exact) mass is 2220 g/mol. The molecule has 2 fully saturated rings. The van der Waals surface area contributed by atoms with Gasteiger partial charge < -0.3 is 28.6 Å². The Hall–Kier alpha value is -11.4. The van der Waals surface area contributed by atoms with E-state index in [2.05, 4.69) is 545 Å². The van der Waals surface area contributed by atoms with Gasteiger partial charge in [0, 0.05) is 47.5 Å². The topological polar surface area (TPSA) is 101 Å². The van der Waals surface area contributed by atoms with E-state index in [1.807, 2.05) is 12.3 Å². The molecular weight excluding hydrogens is 2100 g/mol. The second-order valence-electron chi connectivity index (χ2n) is 46.4. The van der Waals surface area contributed by atoms with Gasteiger partial charge in [0.2, 0.25) is 0 Å². The second-order valence-corrected chi connectivity index (χ2v) is 72.6. The van der Waals surface area contributed by atoms with Crippen LogP contribution in [-0.2, 0) is 55.9 Å². The van der Waals surface area contributed by atoms with E-state index < -0.39 is 93.3 Å². The van der Waals surface area contributed by atoms with Crippen LogP contribution in [0.3, 0.4) is 0 Å². The molecule has 145 heavy (non-hydrogen) atoms. The van der Waals surface area contributed by atoms with Gasteiger partial charge in [-0.1, -0.05) is 371 Å². The normalized spacial score (nSPS) is 15.9. The molecule has 9 nitrogen and oxygen atoms in total. The van der Waals surface area contributed by atoms with Gasteiger partial charge in [0.05, 0.1) is 85.0 Å². The van der Waals surface area contributed by atoms with Crippen molar-refractivity contribution in [1.82, 2.24) is 24.9 Å². The first-order valence-electron chi connectivity index (χ1n) is 50.7. The minimum atomic E-state index is -1.45. The zero-order chi connectivity index (χ0) is 102. The maximum absolute atomic E-state index is 6.52. The van der Waals surface area contributed by atoms with Gasteiger partial charge in [0.1, 0.15) is 4.60 Å². The summed E-state index contributed by atoms with van der Waals surface area (Å²) in [6.07, 6.45) is 10.3. The fourth-order valence-electron chi connectivity index (χ4n) is 21.1. The van der Waals surface area contributed by atoms with E-state index >= 15 is 0 Å². The summed E-state index contributed by atoms with van der Waals surface area (Å²) < 4.78 is 27.0. The molecule has 0 bridgehead atoms. The first-order valence-corrected chi connectivity index (χ1v) is 69.0. The van der Waals surface area contributed by atoms with Crippen LogP contribution in [-0.4, -0.2) is 102 Å². The van der Waals surface area contributed by atoms with Crippen molar-refractivity contribution in [2.75, 3.05) is 0 Å². The molecule has 0 atom stereocenters. The van der Waals surface area contributed by atoms with E-state index in [0.717, 1.165) is 71.7 Å². The SMILES string of the molecule is CC1(C)OB(c2cccc(C3(c4cccc(B5OC(C)(C)C(C)(C)O5)c4)c4ccccc4-c4ccccc43)c2)OC1(C)C.C[Si](C)(C)c1ccc(-c2[c-]c(C3(c4[c-]c(-c5ccc([Si](C)(C)C)cn5)ccc4)c4ccccc4-c4ccccc43)ccc2)nc1.C[Si](C)(C)c1ccc(-c2cccc(C3(c4cccc(-c5ccc([Si](C)(C)C)cn5)c4)c4ccccc4-c4ccccc43)c2)nc1.C[Si](C)(C)c1ccc(Br)nc1.[Pt+2]. The summed E-state index contributed by atoms with van der Waals surface area (Å²) in [4.78, 5) is 24.0. The van der Waals surface area contributed by atoms with Crippen molar-refractivity contribution < 1.29 is 39.7 Å². The van der Waals surface area contributed by atoms with Crippen LogP contribution >= 0.6 is 15.9 Å². The molecule has 18 heteroatoms. The van der Waals surface area contributed by atoms with Crippen molar-refractivity contribution in [2.24, 2.45) is 0 Å². The van der Waals surface area contributed by atoms with Crippen LogP contribution in [0.4, 0.5) is 0 Å². The summed E-state index contributed by atoms with van der Waals surface area (Å²) in [7, 11) is -7.82. The Labute approximate surface area is 889 Å². The molecule has 7 heterocycles. The van der Waals surface area contributed by atoms with Crippen LogP contribution in [0.25, 0.3) is 78.4 Å². The third kappa shape index (κ3) is 19.5. The van der Waals surface area contributed by atoms with Gasteiger partial charge in [-0.3, -0.25) is 9.97 Å². The number of hydrogen-bond donors (Lipinski definition) is 0. The third-order valence-corrected chi connectivity index (χ3v) is 41.4. The summed E-state index contributed by atoms with van der Waals surface area (Å²) >= 11 is 3.32. The van der Waals surface area contributed by atoms with E-state index in [4.69, 9.17) is 38.6 Å². The molecule has 0 unspecified atom stereocenters. The summed E-state index contributed by atoms with van der Waals surface area (Å²) in [5, 5.41) is 6.87. The fraction of sp³-hybridized carbons (Fsp3) is 0.236. The van der Waals surface area contributed by atoms with Gasteiger partial charge in [-0.2, -0.15) is 0 Å². The Balaban J connectivity index is 0.000000135. The van der Waals surface area contributed by atoms with Crippen molar-refractivity contribution in [1.29, 1.82) is 0 Å². The predicted molar refractivity (Wildman–Crippen MR) is 620 cm³/mol. The van der Waals surface area contributed by atoms with Crippen molar-refractivity contribution in [3.63, 3.8) is 0 Å². The Morgan fingerprint density at radius 2 is 0.483 bits per heavy atom. The standard InChI is InChI=1S/C41H40N2Si2.C41H38N2Si2.C37H40B2O4.C8H12BrNSi.Pt/c2*1-44(2,3)33-21-23-39(42-27-33)29-13-11-15-31(25-29)41(37-19-9-7-17-35(37)36-18-8-10-20-38(36)41)32-16-12-14-30(26-32)40-24-22-34(28-43-40)45(4,5)6;1-33(2)34(3,4)41-38(40-33)27-17-13-15-25(23-27)37(31-21-11-9-19-29(31)30-20-10-12-22-32(30)37)26-16-14-18-28(24-26)39-42-35(5,6)36(7,8)43-39;1-11(2,3)7-4-5-8(9)10-6-7;/h7-28H,1-6H3;7-24,27-28H,1-6H3;9-24H,1-8H3;4-6H,1-3H3;/q;-2;;;+2. The second kappa shape index (κ2) is 39.7. The number of nitrogens with zero attached hydrogens (tertiary/aromatic N) is 5. The molecule has 2 aliphatic heterocycles. The Bertz CT molecular complexity index is 6910. The van der Waals surface area contributed by atoms with Crippen molar-refractivity contribution in [3.05, 3.63) is 454 Å². The van der Waals surface area contributed by atoms with Gasteiger partial charge in [-0.15, -0.1) is 70.8 Å². The van der Waals surface area contributed by atoms with Gasteiger partial charge in [0.25, 0.3) is 0 Å². The van der Waals surface area contributed by atoms with Crippen LogP contribution < -0.4 is 36.9 Å². The minimum Gasteiger partial charge on any atom is -0.399 e. The molecule has 2 saturated heterocycles. The van der Waals surface area contributed by atoms with Crippen LogP contribution in [0.1, 0.15) is 122 Å². The first kappa shape index (κ1) is 104. The molecule has 0 spiro atoms. The van der Waals surface area contributed by atoms with Crippen LogP contribution in [0.15, 0.2) is 375 Å². The average Bonchev–Trinajstić information content (AvgIpc) is 1.54. The third-order valence-electron chi connectivity index (χ3n) is 30.8. The molecule has 5 aliphatic rings. The average molecular weight is 2230 g/mol. The van der Waals surface area contributed by atoms with Crippen LogP contribution in [0.5, 0.6) is 0 Å². The Kier molecular flexibility index (Phi) is 28.3. The predicted octanol–water partition coefficient (Wildman–Crippen LogP) is 27.2. The summed E-state index contributed by atoms with van der Waals surface area (Å²) in [6.45, 7) is 52.1. The van der Waals surface area contributed by atoms with E-state index in [1.54, 1.807) is 0 Å². The summed E-state index contributed by atoms with van der Waals surface area (Å²) in [5.74, 6) is 0.